The molecule has 2 aromatic heterocycles. The standard InChI is InChI=1S/C15H16N4O/c1-3-7-17-12(5-1)9-16-10-13-11-19-15(20-13)14-6-2-4-8-18-14/h1-9,13,15,19H,10-11H2. The van der Waals surface area contributed by atoms with Gasteiger partial charge in [-0.25, -0.2) is 0 Å². The van der Waals surface area contributed by atoms with Crippen LogP contribution in [0, 0.1) is 0 Å². The Kier molecular flexibility index (Phi) is 4.10. The number of aliphatic imine (C=N–C) groups is 1. The van der Waals surface area contributed by atoms with Crippen LogP contribution in [-0.2, 0) is 4.74 Å². The number of nitrogens with one attached hydrogen (secondary N) is 1. The molecule has 20 heavy (non-hydrogen) atoms. The zero-order chi connectivity index (χ0) is 13.6. The maximum Gasteiger partial charge on any atom is 0.151 e. The van der Waals surface area contributed by atoms with Crippen molar-refractivity contribution >= 4 is 6.21 Å². The molecule has 2 unspecified atom stereocenters. The molecular formula is C15H16N4O. The second kappa shape index (κ2) is 6.36. The Labute approximate surface area is 117 Å². The molecule has 5 nitrogen and oxygen atoms in total. The van der Waals surface area contributed by atoms with E-state index in [1.165, 1.54) is 0 Å². The summed E-state index contributed by atoms with van der Waals surface area (Å²) < 4.78 is 5.88. The number of aromatic nitrogens is 2. The van der Waals surface area contributed by atoms with Crippen molar-refractivity contribution in [1.29, 1.82) is 0 Å². The van der Waals surface area contributed by atoms with Crippen molar-refractivity contribution in [3.63, 3.8) is 0 Å². The normalized spacial score (nSPS) is 22.4. The molecule has 1 saturated heterocycles. The summed E-state index contributed by atoms with van der Waals surface area (Å²) >= 11 is 0. The van der Waals surface area contributed by atoms with Gasteiger partial charge in [0.2, 0.25) is 0 Å². The molecule has 0 spiro atoms. The molecule has 3 heterocycles. The molecule has 3 rings (SSSR count). The van der Waals surface area contributed by atoms with E-state index in [0.717, 1.165) is 17.9 Å². The van der Waals surface area contributed by atoms with Crippen LogP contribution >= 0.6 is 0 Å². The smallest absolute Gasteiger partial charge is 0.151 e. The van der Waals surface area contributed by atoms with E-state index < -0.39 is 0 Å². The van der Waals surface area contributed by atoms with Gasteiger partial charge in [0.05, 0.1) is 24.0 Å². The first-order valence-corrected chi connectivity index (χ1v) is 6.62. The quantitative estimate of drug-likeness (QED) is 0.855. The van der Waals surface area contributed by atoms with Gasteiger partial charge in [0.25, 0.3) is 0 Å². The van der Waals surface area contributed by atoms with E-state index in [0.29, 0.717) is 6.54 Å². The molecule has 0 aromatic carbocycles. The Bertz CT molecular complexity index is 559. The average Bonchev–Trinajstić information content (AvgIpc) is 2.98. The molecular weight excluding hydrogens is 252 g/mol. The number of pyridine rings is 2. The third-order valence-corrected chi connectivity index (χ3v) is 3.04. The fourth-order valence-corrected chi connectivity index (χ4v) is 2.06. The van der Waals surface area contributed by atoms with Crippen molar-refractivity contribution in [2.45, 2.75) is 12.3 Å². The van der Waals surface area contributed by atoms with Crippen molar-refractivity contribution in [2.75, 3.05) is 13.1 Å². The Morgan fingerprint density at radius 3 is 2.80 bits per heavy atom. The first kappa shape index (κ1) is 12.9. The highest BCUT2D eigenvalue weighted by atomic mass is 16.5. The van der Waals surface area contributed by atoms with Crippen molar-refractivity contribution in [2.24, 2.45) is 4.99 Å². The summed E-state index contributed by atoms with van der Waals surface area (Å²) in [6.07, 6.45) is 5.24. The van der Waals surface area contributed by atoms with E-state index in [-0.39, 0.29) is 12.3 Å². The monoisotopic (exact) mass is 268 g/mol. The largest absolute Gasteiger partial charge is 0.351 e. The van der Waals surface area contributed by atoms with E-state index >= 15 is 0 Å². The second-order valence-electron chi connectivity index (χ2n) is 4.55. The molecule has 0 radical (unpaired) electrons. The van der Waals surface area contributed by atoms with Gasteiger partial charge in [-0.15, -0.1) is 0 Å². The maximum atomic E-state index is 5.88. The number of nitrogens with zero attached hydrogens (tertiary/aromatic N) is 3. The Morgan fingerprint density at radius 2 is 2.05 bits per heavy atom. The highest BCUT2D eigenvalue weighted by Crippen LogP contribution is 2.19. The highest BCUT2D eigenvalue weighted by molar-refractivity contribution is 5.76. The fourth-order valence-electron chi connectivity index (χ4n) is 2.06. The minimum Gasteiger partial charge on any atom is -0.351 e. The predicted octanol–water partition coefficient (Wildman–Crippen LogP) is 1.58. The van der Waals surface area contributed by atoms with Crippen LogP contribution in [0.15, 0.2) is 53.8 Å². The zero-order valence-electron chi connectivity index (χ0n) is 11.0. The van der Waals surface area contributed by atoms with Gasteiger partial charge >= 0.3 is 0 Å². The van der Waals surface area contributed by atoms with E-state index in [1.807, 2.05) is 36.4 Å². The Morgan fingerprint density at radius 1 is 1.20 bits per heavy atom. The highest BCUT2D eigenvalue weighted by Gasteiger charge is 2.25. The lowest BCUT2D eigenvalue weighted by Crippen LogP contribution is -2.17. The van der Waals surface area contributed by atoms with Gasteiger partial charge in [-0.05, 0) is 24.3 Å². The Balaban J connectivity index is 1.52. The van der Waals surface area contributed by atoms with Crippen molar-refractivity contribution in [3.05, 3.63) is 60.2 Å². The number of hydrogen-bond acceptors (Lipinski definition) is 5. The molecule has 2 atom stereocenters. The molecule has 2 aromatic rings. The summed E-state index contributed by atoms with van der Waals surface area (Å²) in [6, 6.07) is 11.6. The first-order chi connectivity index (χ1) is 9.92. The van der Waals surface area contributed by atoms with Crippen LogP contribution in [0.1, 0.15) is 17.6 Å². The molecule has 0 amide bonds. The van der Waals surface area contributed by atoms with Gasteiger partial charge in [0.1, 0.15) is 0 Å². The second-order valence-corrected chi connectivity index (χ2v) is 4.55. The van der Waals surface area contributed by atoms with Gasteiger partial charge in [-0.3, -0.25) is 20.3 Å². The summed E-state index contributed by atoms with van der Waals surface area (Å²) in [5.74, 6) is 0. The number of rotatable bonds is 4. The summed E-state index contributed by atoms with van der Waals surface area (Å²) in [5, 5.41) is 3.30. The minimum atomic E-state index is -0.133. The lowest BCUT2D eigenvalue weighted by atomic mass is 10.3. The number of ether oxygens (including phenoxy) is 1. The zero-order valence-corrected chi connectivity index (χ0v) is 11.0. The summed E-state index contributed by atoms with van der Waals surface area (Å²) in [5.41, 5.74) is 1.77. The third kappa shape index (κ3) is 3.26. The van der Waals surface area contributed by atoms with Crippen LogP contribution in [-0.4, -0.2) is 35.4 Å². The molecule has 0 saturated carbocycles. The van der Waals surface area contributed by atoms with Gasteiger partial charge in [-0.2, -0.15) is 0 Å². The average molecular weight is 268 g/mol. The van der Waals surface area contributed by atoms with E-state index in [4.69, 9.17) is 4.74 Å². The Hall–Kier alpha value is -2.11. The van der Waals surface area contributed by atoms with E-state index in [2.05, 4.69) is 20.3 Å². The van der Waals surface area contributed by atoms with Crippen molar-refractivity contribution in [1.82, 2.24) is 15.3 Å². The molecule has 1 fully saturated rings. The summed E-state index contributed by atoms with van der Waals surface area (Å²) in [6.45, 7) is 1.40. The molecule has 1 aliphatic rings. The summed E-state index contributed by atoms with van der Waals surface area (Å²) in [4.78, 5) is 12.9. The molecule has 102 valence electrons. The van der Waals surface area contributed by atoms with E-state index in [1.54, 1.807) is 18.6 Å². The van der Waals surface area contributed by atoms with Crippen LogP contribution < -0.4 is 5.32 Å². The predicted molar refractivity (Wildman–Crippen MR) is 76.6 cm³/mol. The van der Waals surface area contributed by atoms with Gasteiger partial charge in [0.15, 0.2) is 6.23 Å². The van der Waals surface area contributed by atoms with Gasteiger partial charge < -0.3 is 4.74 Å². The van der Waals surface area contributed by atoms with Gasteiger partial charge in [0, 0.05) is 25.2 Å². The molecule has 5 heteroatoms. The maximum absolute atomic E-state index is 5.88. The molecule has 0 bridgehead atoms. The van der Waals surface area contributed by atoms with Crippen LogP contribution in [0.2, 0.25) is 0 Å². The number of hydrogen-bond donors (Lipinski definition) is 1. The fraction of sp³-hybridized carbons (Fsp3) is 0.267. The topological polar surface area (TPSA) is 59.4 Å². The molecule has 0 aliphatic carbocycles. The van der Waals surface area contributed by atoms with Crippen LogP contribution in [0.25, 0.3) is 0 Å². The lowest BCUT2D eigenvalue weighted by molar-refractivity contribution is 0.0436. The summed E-state index contributed by atoms with van der Waals surface area (Å²) in [7, 11) is 0. The van der Waals surface area contributed by atoms with E-state index in [9.17, 15) is 0 Å². The van der Waals surface area contributed by atoms with Crippen molar-refractivity contribution < 1.29 is 4.74 Å². The SMILES string of the molecule is C(=NCC1CNC(c2ccccn2)O1)c1ccccn1. The third-order valence-electron chi connectivity index (χ3n) is 3.04. The lowest BCUT2D eigenvalue weighted by Gasteiger charge is -2.10. The molecule has 1 aliphatic heterocycles. The minimum absolute atomic E-state index is 0.0713. The van der Waals surface area contributed by atoms with Crippen LogP contribution in [0.5, 0.6) is 0 Å². The molecule has 1 N–H and O–H groups in total. The van der Waals surface area contributed by atoms with Crippen LogP contribution in [0.3, 0.4) is 0 Å². The van der Waals surface area contributed by atoms with Crippen molar-refractivity contribution in [3.8, 4) is 0 Å². The van der Waals surface area contributed by atoms with Gasteiger partial charge in [-0.1, -0.05) is 12.1 Å². The van der Waals surface area contributed by atoms with Crippen LogP contribution in [0.4, 0.5) is 0 Å². The first-order valence-electron chi connectivity index (χ1n) is 6.62.